The summed E-state index contributed by atoms with van der Waals surface area (Å²) < 4.78 is 0. The molecule has 1 saturated carbocycles. The summed E-state index contributed by atoms with van der Waals surface area (Å²) in [4.78, 5) is 22.3. The van der Waals surface area contributed by atoms with E-state index in [-0.39, 0.29) is 17.7 Å². The SMILES string of the molecule is CC#CCCNC(=O)C1CCC(C(=O)O)C1. The zero-order valence-electron chi connectivity index (χ0n) is 9.45. The molecule has 0 aliphatic heterocycles. The molecule has 1 aliphatic carbocycles. The van der Waals surface area contributed by atoms with E-state index in [4.69, 9.17) is 5.11 Å². The van der Waals surface area contributed by atoms with Gasteiger partial charge in [-0.1, -0.05) is 0 Å². The van der Waals surface area contributed by atoms with Crippen molar-refractivity contribution in [1.29, 1.82) is 0 Å². The number of carboxylic acid groups (broad SMARTS) is 1. The number of carbonyl (C=O) groups excluding carboxylic acids is 1. The number of rotatable bonds is 4. The number of aliphatic carboxylic acids is 1. The molecule has 1 aliphatic rings. The van der Waals surface area contributed by atoms with Crippen LogP contribution in [0.2, 0.25) is 0 Å². The van der Waals surface area contributed by atoms with Crippen LogP contribution in [0.15, 0.2) is 0 Å². The Balaban J connectivity index is 2.27. The molecule has 2 N–H and O–H groups in total. The van der Waals surface area contributed by atoms with Gasteiger partial charge in [0.15, 0.2) is 0 Å². The molecular formula is C12H17NO3. The summed E-state index contributed by atoms with van der Waals surface area (Å²) in [6.07, 6.45) is 2.42. The molecular weight excluding hydrogens is 206 g/mol. The van der Waals surface area contributed by atoms with E-state index >= 15 is 0 Å². The molecule has 0 heterocycles. The van der Waals surface area contributed by atoms with E-state index < -0.39 is 5.97 Å². The van der Waals surface area contributed by atoms with E-state index in [9.17, 15) is 9.59 Å². The van der Waals surface area contributed by atoms with E-state index in [1.54, 1.807) is 6.92 Å². The minimum absolute atomic E-state index is 0.0262. The average molecular weight is 223 g/mol. The number of amides is 1. The van der Waals surface area contributed by atoms with Gasteiger partial charge < -0.3 is 10.4 Å². The molecule has 0 radical (unpaired) electrons. The molecule has 88 valence electrons. The number of carbonyl (C=O) groups is 2. The molecule has 0 saturated heterocycles. The van der Waals surface area contributed by atoms with Gasteiger partial charge in [0.2, 0.25) is 5.91 Å². The van der Waals surface area contributed by atoms with Gasteiger partial charge in [-0.15, -0.1) is 11.8 Å². The van der Waals surface area contributed by atoms with Crippen molar-refractivity contribution >= 4 is 11.9 Å². The number of hydrogen-bond acceptors (Lipinski definition) is 2. The Morgan fingerprint density at radius 1 is 1.38 bits per heavy atom. The standard InChI is InChI=1S/C12H17NO3/c1-2-3-4-7-13-11(14)9-5-6-10(8-9)12(15)16/h9-10H,4-8H2,1H3,(H,13,14)(H,15,16). The van der Waals surface area contributed by atoms with Crippen LogP contribution in [-0.4, -0.2) is 23.5 Å². The fraction of sp³-hybridized carbons (Fsp3) is 0.667. The Hall–Kier alpha value is -1.50. The van der Waals surface area contributed by atoms with Gasteiger partial charge in [-0.25, -0.2) is 0 Å². The predicted octanol–water partition coefficient (Wildman–Crippen LogP) is 1.02. The zero-order chi connectivity index (χ0) is 12.0. The highest BCUT2D eigenvalue weighted by atomic mass is 16.4. The van der Waals surface area contributed by atoms with Crippen molar-refractivity contribution in [3.63, 3.8) is 0 Å². The first-order valence-corrected chi connectivity index (χ1v) is 5.55. The quantitative estimate of drug-likeness (QED) is 0.552. The fourth-order valence-electron chi connectivity index (χ4n) is 1.96. The van der Waals surface area contributed by atoms with Crippen molar-refractivity contribution in [2.75, 3.05) is 6.54 Å². The Labute approximate surface area is 95.4 Å². The topological polar surface area (TPSA) is 66.4 Å². The van der Waals surface area contributed by atoms with Crippen molar-refractivity contribution in [2.24, 2.45) is 11.8 Å². The number of carboxylic acids is 1. The maximum atomic E-state index is 11.6. The second-order valence-electron chi connectivity index (χ2n) is 4.01. The lowest BCUT2D eigenvalue weighted by Crippen LogP contribution is -2.30. The number of nitrogens with one attached hydrogen (secondary N) is 1. The Kier molecular flexibility index (Phi) is 4.84. The first kappa shape index (κ1) is 12.6. The number of hydrogen-bond donors (Lipinski definition) is 2. The zero-order valence-corrected chi connectivity index (χ0v) is 9.45. The second kappa shape index (κ2) is 6.16. The van der Waals surface area contributed by atoms with Gasteiger partial charge >= 0.3 is 5.97 Å². The molecule has 1 fully saturated rings. The van der Waals surface area contributed by atoms with Gasteiger partial charge in [-0.05, 0) is 26.2 Å². The lowest BCUT2D eigenvalue weighted by molar-refractivity contribution is -0.141. The molecule has 1 amide bonds. The van der Waals surface area contributed by atoms with Crippen LogP contribution in [0.5, 0.6) is 0 Å². The molecule has 0 aromatic carbocycles. The highest BCUT2D eigenvalue weighted by Crippen LogP contribution is 2.30. The van der Waals surface area contributed by atoms with Crippen molar-refractivity contribution < 1.29 is 14.7 Å². The third kappa shape index (κ3) is 3.58. The molecule has 16 heavy (non-hydrogen) atoms. The van der Waals surface area contributed by atoms with Gasteiger partial charge in [0.05, 0.1) is 5.92 Å². The Morgan fingerprint density at radius 2 is 2.06 bits per heavy atom. The summed E-state index contributed by atoms with van der Waals surface area (Å²) in [5.74, 6) is 4.33. The Bertz CT molecular complexity index is 327. The van der Waals surface area contributed by atoms with Crippen LogP contribution in [0.25, 0.3) is 0 Å². The molecule has 0 aromatic heterocycles. The predicted molar refractivity (Wildman–Crippen MR) is 59.5 cm³/mol. The summed E-state index contributed by atoms with van der Waals surface area (Å²) in [6.45, 7) is 2.31. The molecule has 0 bridgehead atoms. The summed E-state index contributed by atoms with van der Waals surface area (Å²) in [7, 11) is 0. The van der Waals surface area contributed by atoms with Gasteiger partial charge in [0.1, 0.15) is 0 Å². The molecule has 1 rings (SSSR count). The maximum Gasteiger partial charge on any atom is 0.306 e. The van der Waals surface area contributed by atoms with Crippen LogP contribution in [0.3, 0.4) is 0 Å². The van der Waals surface area contributed by atoms with E-state index in [0.717, 1.165) is 0 Å². The fourth-order valence-corrected chi connectivity index (χ4v) is 1.96. The molecule has 4 nitrogen and oxygen atoms in total. The summed E-state index contributed by atoms with van der Waals surface area (Å²) in [5, 5.41) is 11.6. The van der Waals surface area contributed by atoms with Gasteiger partial charge in [-0.2, -0.15) is 0 Å². The summed E-state index contributed by atoms with van der Waals surface area (Å²) in [6, 6.07) is 0. The van der Waals surface area contributed by atoms with Crippen LogP contribution < -0.4 is 5.32 Å². The minimum Gasteiger partial charge on any atom is -0.481 e. The normalized spacial score (nSPS) is 23.3. The monoisotopic (exact) mass is 223 g/mol. The third-order valence-corrected chi connectivity index (χ3v) is 2.88. The van der Waals surface area contributed by atoms with Crippen molar-refractivity contribution in [1.82, 2.24) is 5.32 Å². The lowest BCUT2D eigenvalue weighted by atomic mass is 10.0. The van der Waals surface area contributed by atoms with Gasteiger partial charge in [-0.3, -0.25) is 9.59 Å². The molecule has 2 unspecified atom stereocenters. The largest absolute Gasteiger partial charge is 0.481 e. The van der Waals surface area contributed by atoms with Crippen LogP contribution >= 0.6 is 0 Å². The second-order valence-corrected chi connectivity index (χ2v) is 4.01. The van der Waals surface area contributed by atoms with Gasteiger partial charge in [0.25, 0.3) is 0 Å². The van der Waals surface area contributed by atoms with Crippen LogP contribution in [0.1, 0.15) is 32.6 Å². The summed E-state index contributed by atoms with van der Waals surface area (Å²) in [5.41, 5.74) is 0. The lowest BCUT2D eigenvalue weighted by Gasteiger charge is -2.09. The van der Waals surface area contributed by atoms with E-state index in [1.807, 2.05) is 0 Å². The maximum absolute atomic E-state index is 11.6. The molecule has 0 aromatic rings. The van der Waals surface area contributed by atoms with Crippen LogP contribution in [-0.2, 0) is 9.59 Å². The van der Waals surface area contributed by atoms with Crippen molar-refractivity contribution in [3.05, 3.63) is 0 Å². The molecule has 2 atom stereocenters. The van der Waals surface area contributed by atoms with Crippen LogP contribution in [0.4, 0.5) is 0 Å². The van der Waals surface area contributed by atoms with Crippen LogP contribution in [0, 0.1) is 23.7 Å². The Morgan fingerprint density at radius 3 is 2.62 bits per heavy atom. The first-order valence-electron chi connectivity index (χ1n) is 5.55. The average Bonchev–Trinajstić information content (AvgIpc) is 2.73. The molecule has 4 heteroatoms. The third-order valence-electron chi connectivity index (χ3n) is 2.88. The summed E-state index contributed by atoms with van der Waals surface area (Å²) >= 11 is 0. The van der Waals surface area contributed by atoms with E-state index in [1.165, 1.54) is 0 Å². The first-order chi connectivity index (χ1) is 7.65. The van der Waals surface area contributed by atoms with Crippen molar-refractivity contribution in [2.45, 2.75) is 32.6 Å². The molecule has 0 spiro atoms. The highest BCUT2D eigenvalue weighted by molar-refractivity contribution is 5.80. The van der Waals surface area contributed by atoms with Gasteiger partial charge in [0, 0.05) is 18.9 Å². The van der Waals surface area contributed by atoms with E-state index in [2.05, 4.69) is 17.2 Å². The highest BCUT2D eigenvalue weighted by Gasteiger charge is 2.33. The smallest absolute Gasteiger partial charge is 0.306 e. The van der Waals surface area contributed by atoms with Crippen molar-refractivity contribution in [3.8, 4) is 11.8 Å². The van der Waals surface area contributed by atoms with E-state index in [0.29, 0.717) is 32.2 Å². The minimum atomic E-state index is -0.785.